The van der Waals surface area contributed by atoms with E-state index in [4.69, 9.17) is 14.2 Å². The molecule has 0 saturated carbocycles. The molecule has 4 rings (SSSR count). The van der Waals surface area contributed by atoms with Crippen molar-refractivity contribution in [2.45, 2.75) is 31.6 Å². The van der Waals surface area contributed by atoms with Gasteiger partial charge < -0.3 is 14.2 Å². The molecular weight excluding hydrogens is 382 g/mol. The van der Waals surface area contributed by atoms with Crippen molar-refractivity contribution >= 4 is 5.91 Å². The normalized spacial score (nSPS) is 15.9. The highest BCUT2D eigenvalue weighted by Crippen LogP contribution is 2.38. The van der Waals surface area contributed by atoms with E-state index in [1.165, 1.54) is 0 Å². The van der Waals surface area contributed by atoms with E-state index in [0.717, 1.165) is 30.5 Å². The van der Waals surface area contributed by atoms with Crippen LogP contribution in [0.2, 0.25) is 0 Å². The van der Waals surface area contributed by atoms with Crippen molar-refractivity contribution in [3.05, 3.63) is 59.9 Å². The molecule has 1 aliphatic heterocycles. The smallest absolute Gasteiger partial charge is 0.272 e. The zero-order valence-electron chi connectivity index (χ0n) is 17.2. The van der Waals surface area contributed by atoms with E-state index in [2.05, 4.69) is 15.1 Å². The van der Waals surface area contributed by atoms with Gasteiger partial charge >= 0.3 is 0 Å². The largest absolute Gasteiger partial charge is 0.385 e. The van der Waals surface area contributed by atoms with Crippen LogP contribution in [0.25, 0.3) is 11.5 Å². The fourth-order valence-corrected chi connectivity index (χ4v) is 3.90. The second-order valence-corrected chi connectivity index (χ2v) is 7.64. The van der Waals surface area contributed by atoms with E-state index in [0.29, 0.717) is 37.1 Å². The minimum absolute atomic E-state index is 0.0374. The summed E-state index contributed by atoms with van der Waals surface area (Å²) in [5.74, 6) is 1.11. The maximum Gasteiger partial charge on any atom is 0.272 e. The number of aryl methyl sites for hydroxylation is 1. The Hall–Kier alpha value is -3.13. The van der Waals surface area contributed by atoms with Crippen LogP contribution in [0.3, 0.4) is 0 Å². The van der Waals surface area contributed by atoms with Crippen molar-refractivity contribution in [3.63, 3.8) is 0 Å². The van der Waals surface area contributed by atoms with Crippen LogP contribution in [0.15, 0.2) is 47.2 Å². The number of carbonyl (C=O) groups is 1. The molecule has 0 radical (unpaired) electrons. The molecule has 0 spiro atoms. The lowest BCUT2D eigenvalue weighted by atomic mass is 9.75. The average molecular weight is 407 g/mol. The molecule has 0 aromatic carbocycles. The second kappa shape index (κ2) is 8.71. The Labute approximate surface area is 175 Å². The molecule has 0 atom stereocenters. The number of amides is 1. The predicted molar refractivity (Wildman–Crippen MR) is 110 cm³/mol. The van der Waals surface area contributed by atoms with E-state index in [1.54, 1.807) is 25.6 Å². The van der Waals surface area contributed by atoms with E-state index in [9.17, 15) is 4.79 Å². The van der Waals surface area contributed by atoms with Crippen molar-refractivity contribution in [1.82, 2.24) is 25.0 Å². The number of carbonyl (C=O) groups excluding carboxylic acids is 1. The molecule has 3 aromatic rings. The first kappa shape index (κ1) is 20.2. The fraction of sp³-hybridized carbons (Fsp3) is 0.409. The number of hydrogen-bond donors (Lipinski definition) is 0. The van der Waals surface area contributed by atoms with Gasteiger partial charge in [0, 0.05) is 55.9 Å². The monoisotopic (exact) mass is 407 g/mol. The molecule has 0 bridgehead atoms. The van der Waals surface area contributed by atoms with Crippen LogP contribution >= 0.6 is 0 Å². The standard InChI is InChI=1S/C22H25N5O3/c1-16-4-3-5-18(24-16)20(28)27-13-8-22(9-14-27,10-15-29-2)21-25-19(30-26-21)17-6-11-23-12-7-17/h3-7,11-12H,8-10,13-15H2,1-2H3. The van der Waals surface area contributed by atoms with Gasteiger partial charge in [-0.1, -0.05) is 11.2 Å². The maximum absolute atomic E-state index is 12.9. The van der Waals surface area contributed by atoms with Crippen LogP contribution in [0.5, 0.6) is 0 Å². The molecule has 0 aliphatic carbocycles. The topological polar surface area (TPSA) is 94.2 Å². The van der Waals surface area contributed by atoms with E-state index in [1.807, 2.05) is 36.1 Å². The molecule has 8 nitrogen and oxygen atoms in total. The summed E-state index contributed by atoms with van der Waals surface area (Å²) < 4.78 is 10.9. The van der Waals surface area contributed by atoms with Crippen molar-refractivity contribution in [1.29, 1.82) is 0 Å². The molecule has 30 heavy (non-hydrogen) atoms. The second-order valence-electron chi connectivity index (χ2n) is 7.64. The number of pyridine rings is 2. The lowest BCUT2D eigenvalue weighted by Crippen LogP contribution is -2.46. The van der Waals surface area contributed by atoms with E-state index < -0.39 is 0 Å². The van der Waals surface area contributed by atoms with Gasteiger partial charge in [0.15, 0.2) is 5.82 Å². The van der Waals surface area contributed by atoms with E-state index >= 15 is 0 Å². The molecule has 3 aromatic heterocycles. The third-order valence-corrected chi connectivity index (χ3v) is 5.73. The third-order valence-electron chi connectivity index (χ3n) is 5.73. The summed E-state index contributed by atoms with van der Waals surface area (Å²) in [6.07, 6.45) is 5.64. The van der Waals surface area contributed by atoms with Crippen LogP contribution in [0, 0.1) is 6.92 Å². The SMILES string of the molecule is COCCC1(c2noc(-c3ccncc3)n2)CCN(C(=O)c2cccc(C)n2)CC1. The Kier molecular flexibility index (Phi) is 5.85. The highest BCUT2D eigenvalue weighted by Gasteiger charge is 2.41. The minimum atomic E-state index is -0.290. The van der Waals surface area contributed by atoms with Crippen LogP contribution in [-0.4, -0.2) is 57.7 Å². The number of likely N-dealkylation sites (tertiary alicyclic amines) is 1. The Morgan fingerprint density at radius 1 is 1.17 bits per heavy atom. The van der Waals surface area contributed by atoms with Crippen LogP contribution in [-0.2, 0) is 10.2 Å². The molecule has 0 N–H and O–H groups in total. The Morgan fingerprint density at radius 3 is 2.63 bits per heavy atom. The molecule has 156 valence electrons. The lowest BCUT2D eigenvalue weighted by molar-refractivity contribution is 0.0610. The third kappa shape index (κ3) is 4.09. The fourth-order valence-electron chi connectivity index (χ4n) is 3.90. The average Bonchev–Trinajstić information content (AvgIpc) is 3.29. The first-order valence-electron chi connectivity index (χ1n) is 10.1. The highest BCUT2D eigenvalue weighted by molar-refractivity contribution is 5.92. The molecule has 1 saturated heterocycles. The number of piperidine rings is 1. The Morgan fingerprint density at radius 2 is 1.93 bits per heavy atom. The summed E-state index contributed by atoms with van der Waals surface area (Å²) in [5.41, 5.74) is 1.87. The van der Waals surface area contributed by atoms with Gasteiger partial charge in [-0.2, -0.15) is 4.98 Å². The number of hydrogen-bond acceptors (Lipinski definition) is 7. The molecule has 1 aliphatic rings. The lowest BCUT2D eigenvalue weighted by Gasteiger charge is -2.39. The molecule has 4 heterocycles. The van der Waals surface area contributed by atoms with Gasteiger partial charge in [-0.3, -0.25) is 9.78 Å². The Bertz CT molecular complexity index is 997. The summed E-state index contributed by atoms with van der Waals surface area (Å²) in [4.78, 5) is 27.8. The van der Waals surface area contributed by atoms with Gasteiger partial charge in [-0.05, 0) is 50.5 Å². The van der Waals surface area contributed by atoms with Crippen LogP contribution in [0.1, 0.15) is 41.3 Å². The van der Waals surface area contributed by atoms with Gasteiger partial charge in [-0.15, -0.1) is 0 Å². The molecule has 1 amide bonds. The van der Waals surface area contributed by atoms with Crippen molar-refractivity contribution in [2.24, 2.45) is 0 Å². The summed E-state index contributed by atoms with van der Waals surface area (Å²) in [7, 11) is 1.69. The Balaban J connectivity index is 1.53. The molecule has 0 unspecified atom stereocenters. The first-order valence-corrected chi connectivity index (χ1v) is 10.1. The number of rotatable bonds is 6. The summed E-state index contributed by atoms with van der Waals surface area (Å²) in [6.45, 7) is 3.69. The van der Waals surface area contributed by atoms with Crippen molar-refractivity contribution < 1.29 is 14.1 Å². The van der Waals surface area contributed by atoms with Gasteiger partial charge in [0.05, 0.1) is 0 Å². The number of ether oxygens (including phenoxy) is 1. The van der Waals surface area contributed by atoms with Gasteiger partial charge in [0.1, 0.15) is 5.69 Å². The van der Waals surface area contributed by atoms with Gasteiger partial charge in [0.25, 0.3) is 11.8 Å². The van der Waals surface area contributed by atoms with Crippen LogP contribution in [0.4, 0.5) is 0 Å². The predicted octanol–water partition coefficient (Wildman–Crippen LogP) is 3.05. The van der Waals surface area contributed by atoms with Crippen molar-refractivity contribution in [3.8, 4) is 11.5 Å². The van der Waals surface area contributed by atoms with E-state index in [-0.39, 0.29) is 11.3 Å². The zero-order chi connectivity index (χ0) is 21.0. The highest BCUT2D eigenvalue weighted by atomic mass is 16.5. The quantitative estimate of drug-likeness (QED) is 0.620. The maximum atomic E-state index is 12.9. The minimum Gasteiger partial charge on any atom is -0.385 e. The summed E-state index contributed by atoms with van der Waals surface area (Å²) >= 11 is 0. The number of aromatic nitrogens is 4. The van der Waals surface area contributed by atoms with Gasteiger partial charge in [0.2, 0.25) is 0 Å². The number of nitrogens with zero attached hydrogens (tertiary/aromatic N) is 5. The van der Waals surface area contributed by atoms with Gasteiger partial charge in [-0.25, -0.2) is 4.98 Å². The summed E-state index contributed by atoms with van der Waals surface area (Å²) in [5, 5.41) is 4.30. The molecule has 1 fully saturated rings. The molecule has 8 heteroatoms. The van der Waals surface area contributed by atoms with Crippen LogP contribution < -0.4 is 0 Å². The zero-order valence-corrected chi connectivity index (χ0v) is 17.2. The molecular formula is C22H25N5O3. The summed E-state index contributed by atoms with van der Waals surface area (Å²) in [6, 6.07) is 9.20. The van der Waals surface area contributed by atoms with Crippen molar-refractivity contribution in [2.75, 3.05) is 26.8 Å². The number of methoxy groups -OCH3 is 1. The first-order chi connectivity index (χ1) is 14.6.